The molecule has 1 atom stereocenters. The monoisotopic (exact) mass is 308 g/mol. The molecule has 3 rings (SSSR count). The Bertz CT molecular complexity index is 743. The van der Waals surface area contributed by atoms with Gasteiger partial charge in [-0.15, -0.1) is 0 Å². The number of carboxylic acid groups (broad SMARTS) is 1. The highest BCUT2D eigenvalue weighted by molar-refractivity contribution is 5.97. The summed E-state index contributed by atoms with van der Waals surface area (Å²) in [5.41, 5.74) is -0.302. The SMILES string of the molecule is CC1CCCn2nc(-c3ccc(F)cc3F)c(C(=O)O)c2O1. The lowest BCUT2D eigenvalue weighted by atomic mass is 10.1. The van der Waals surface area contributed by atoms with Crippen molar-refractivity contribution in [3.05, 3.63) is 35.4 Å². The molecule has 1 aliphatic heterocycles. The molecule has 0 saturated heterocycles. The fourth-order valence-electron chi connectivity index (χ4n) is 2.56. The van der Waals surface area contributed by atoms with Crippen molar-refractivity contribution in [2.45, 2.75) is 32.4 Å². The molecule has 1 aromatic heterocycles. The number of aromatic carboxylic acids is 1. The number of carboxylic acids is 1. The molecule has 22 heavy (non-hydrogen) atoms. The van der Waals surface area contributed by atoms with E-state index in [1.165, 1.54) is 10.7 Å². The lowest BCUT2D eigenvalue weighted by Gasteiger charge is -2.10. The van der Waals surface area contributed by atoms with E-state index in [-0.39, 0.29) is 28.8 Å². The van der Waals surface area contributed by atoms with Crippen molar-refractivity contribution in [2.24, 2.45) is 0 Å². The molecule has 1 aliphatic rings. The van der Waals surface area contributed by atoms with Crippen molar-refractivity contribution in [3.63, 3.8) is 0 Å². The lowest BCUT2D eigenvalue weighted by Crippen LogP contribution is -2.12. The molecule has 0 fully saturated rings. The minimum absolute atomic E-state index is 0.0471. The third-order valence-corrected chi connectivity index (χ3v) is 3.60. The quantitative estimate of drug-likeness (QED) is 0.926. The molecule has 1 N–H and O–H groups in total. The first-order valence-electron chi connectivity index (χ1n) is 6.93. The first kappa shape index (κ1) is 14.5. The zero-order chi connectivity index (χ0) is 15.9. The normalized spacial score (nSPS) is 17.5. The number of hydrogen-bond donors (Lipinski definition) is 1. The number of benzene rings is 1. The maximum atomic E-state index is 14.0. The standard InChI is InChI=1S/C15H14F2N2O3/c1-8-3-2-6-19-14(22-8)12(15(20)21)13(18-19)10-5-4-9(16)7-11(10)17/h4-5,7-8H,2-3,6H2,1H3,(H,20,21). The summed E-state index contributed by atoms with van der Waals surface area (Å²) in [6.45, 7) is 2.33. The molecule has 1 aromatic carbocycles. The van der Waals surface area contributed by atoms with E-state index in [1.807, 2.05) is 6.92 Å². The van der Waals surface area contributed by atoms with Gasteiger partial charge in [-0.05, 0) is 31.9 Å². The number of nitrogens with zero attached hydrogens (tertiary/aromatic N) is 2. The van der Waals surface area contributed by atoms with Crippen LogP contribution >= 0.6 is 0 Å². The van der Waals surface area contributed by atoms with Crippen LogP contribution in [0.3, 0.4) is 0 Å². The summed E-state index contributed by atoms with van der Waals surface area (Å²) < 4.78 is 34.1. The number of aromatic nitrogens is 2. The Kier molecular flexibility index (Phi) is 3.56. The van der Waals surface area contributed by atoms with Crippen molar-refractivity contribution in [1.82, 2.24) is 9.78 Å². The number of rotatable bonds is 2. The summed E-state index contributed by atoms with van der Waals surface area (Å²) in [6, 6.07) is 2.95. The van der Waals surface area contributed by atoms with Gasteiger partial charge in [-0.25, -0.2) is 18.3 Å². The van der Waals surface area contributed by atoms with E-state index >= 15 is 0 Å². The van der Waals surface area contributed by atoms with Gasteiger partial charge in [0.2, 0.25) is 5.88 Å². The van der Waals surface area contributed by atoms with Crippen LogP contribution < -0.4 is 4.74 Å². The highest BCUT2D eigenvalue weighted by Crippen LogP contribution is 2.34. The van der Waals surface area contributed by atoms with E-state index in [0.29, 0.717) is 12.6 Å². The molecule has 7 heteroatoms. The van der Waals surface area contributed by atoms with E-state index in [0.717, 1.165) is 18.9 Å². The Hall–Kier alpha value is -2.44. The fraction of sp³-hybridized carbons (Fsp3) is 0.333. The van der Waals surface area contributed by atoms with Gasteiger partial charge in [0.05, 0.1) is 6.10 Å². The van der Waals surface area contributed by atoms with Crippen molar-refractivity contribution in [3.8, 4) is 17.1 Å². The van der Waals surface area contributed by atoms with E-state index in [1.54, 1.807) is 0 Å². The molecule has 0 bridgehead atoms. The summed E-state index contributed by atoms with van der Waals surface area (Å²) >= 11 is 0. The van der Waals surface area contributed by atoms with Gasteiger partial charge in [-0.1, -0.05) is 0 Å². The highest BCUT2D eigenvalue weighted by Gasteiger charge is 2.29. The second-order valence-electron chi connectivity index (χ2n) is 5.25. The van der Waals surface area contributed by atoms with Crippen LogP contribution in [0.5, 0.6) is 5.88 Å². The number of fused-ring (bicyclic) bond motifs is 1. The molecule has 0 aliphatic carbocycles. The average molecular weight is 308 g/mol. The van der Waals surface area contributed by atoms with Crippen LogP contribution in [0.1, 0.15) is 30.1 Å². The summed E-state index contributed by atoms with van der Waals surface area (Å²) in [7, 11) is 0. The maximum absolute atomic E-state index is 14.0. The van der Waals surface area contributed by atoms with Gasteiger partial charge >= 0.3 is 5.97 Å². The van der Waals surface area contributed by atoms with Crippen LogP contribution in [-0.4, -0.2) is 27.0 Å². The van der Waals surface area contributed by atoms with E-state index in [4.69, 9.17) is 4.74 Å². The van der Waals surface area contributed by atoms with Crippen molar-refractivity contribution in [1.29, 1.82) is 0 Å². The van der Waals surface area contributed by atoms with Gasteiger partial charge in [0.1, 0.15) is 22.9 Å². The first-order chi connectivity index (χ1) is 10.5. The van der Waals surface area contributed by atoms with Gasteiger partial charge in [0.15, 0.2) is 0 Å². The highest BCUT2D eigenvalue weighted by atomic mass is 19.1. The minimum atomic E-state index is -1.26. The Morgan fingerprint density at radius 2 is 2.23 bits per heavy atom. The molecule has 116 valence electrons. The smallest absolute Gasteiger partial charge is 0.343 e. The zero-order valence-corrected chi connectivity index (χ0v) is 11.8. The number of ether oxygens (including phenoxy) is 1. The largest absolute Gasteiger partial charge is 0.477 e. The van der Waals surface area contributed by atoms with Crippen LogP contribution in [0.2, 0.25) is 0 Å². The predicted octanol–water partition coefficient (Wildman–Crippen LogP) is 3.09. The van der Waals surface area contributed by atoms with Crippen molar-refractivity contribution in [2.75, 3.05) is 0 Å². The maximum Gasteiger partial charge on any atom is 0.343 e. The van der Waals surface area contributed by atoms with Gasteiger partial charge in [-0.2, -0.15) is 5.10 Å². The Morgan fingerprint density at radius 1 is 1.45 bits per heavy atom. The molecule has 2 heterocycles. The second-order valence-corrected chi connectivity index (χ2v) is 5.25. The molecule has 5 nitrogen and oxygen atoms in total. The molecule has 1 unspecified atom stereocenters. The number of aryl methyl sites for hydroxylation is 1. The van der Waals surface area contributed by atoms with Gasteiger partial charge in [-0.3, -0.25) is 0 Å². The third kappa shape index (κ3) is 2.43. The summed E-state index contributed by atoms with van der Waals surface area (Å²) in [4.78, 5) is 11.6. The molecule has 2 aromatic rings. The van der Waals surface area contributed by atoms with Gasteiger partial charge < -0.3 is 9.84 Å². The van der Waals surface area contributed by atoms with Gasteiger partial charge in [0, 0.05) is 18.2 Å². The molecule has 0 spiro atoms. The van der Waals surface area contributed by atoms with Crippen LogP contribution in [-0.2, 0) is 6.54 Å². The predicted molar refractivity (Wildman–Crippen MR) is 73.9 cm³/mol. The Labute approximate surface area is 125 Å². The van der Waals surface area contributed by atoms with E-state index in [2.05, 4.69) is 5.10 Å². The summed E-state index contributed by atoms with van der Waals surface area (Å²) in [5, 5.41) is 13.6. The average Bonchev–Trinajstić information content (AvgIpc) is 2.67. The Balaban J connectivity index is 2.20. The number of halogens is 2. The minimum Gasteiger partial charge on any atom is -0.477 e. The number of carbonyl (C=O) groups is 1. The first-order valence-corrected chi connectivity index (χ1v) is 6.93. The number of hydrogen-bond acceptors (Lipinski definition) is 3. The van der Waals surface area contributed by atoms with Crippen molar-refractivity contribution >= 4 is 5.97 Å². The zero-order valence-electron chi connectivity index (χ0n) is 11.8. The van der Waals surface area contributed by atoms with E-state index in [9.17, 15) is 18.7 Å². The van der Waals surface area contributed by atoms with Crippen LogP contribution in [0.4, 0.5) is 8.78 Å². The van der Waals surface area contributed by atoms with Crippen LogP contribution in [0.15, 0.2) is 18.2 Å². The third-order valence-electron chi connectivity index (χ3n) is 3.60. The molecular weight excluding hydrogens is 294 g/mol. The summed E-state index contributed by atoms with van der Waals surface area (Å²) in [5.74, 6) is -2.72. The molecular formula is C15H14F2N2O3. The van der Waals surface area contributed by atoms with E-state index < -0.39 is 17.6 Å². The Morgan fingerprint density at radius 3 is 2.91 bits per heavy atom. The second kappa shape index (κ2) is 5.40. The van der Waals surface area contributed by atoms with Crippen molar-refractivity contribution < 1.29 is 23.4 Å². The van der Waals surface area contributed by atoms with Gasteiger partial charge in [0.25, 0.3) is 0 Å². The van der Waals surface area contributed by atoms with Crippen LogP contribution in [0, 0.1) is 11.6 Å². The topological polar surface area (TPSA) is 64.4 Å². The lowest BCUT2D eigenvalue weighted by molar-refractivity contribution is 0.0690. The fourth-order valence-corrected chi connectivity index (χ4v) is 2.56. The molecule has 0 saturated carbocycles. The molecule has 0 amide bonds. The van der Waals surface area contributed by atoms with Crippen LogP contribution in [0.25, 0.3) is 11.3 Å². The molecule has 0 radical (unpaired) electrons. The summed E-state index contributed by atoms with van der Waals surface area (Å²) in [6.07, 6.45) is 1.41.